The first-order valence-corrected chi connectivity index (χ1v) is 7.47. The van der Waals surface area contributed by atoms with E-state index in [-0.39, 0.29) is 0 Å². The van der Waals surface area contributed by atoms with Crippen LogP contribution in [0.15, 0.2) is 41.5 Å². The van der Waals surface area contributed by atoms with Gasteiger partial charge in [0.15, 0.2) is 0 Å². The monoisotopic (exact) mass is 341 g/mol. The molecule has 0 saturated heterocycles. The summed E-state index contributed by atoms with van der Waals surface area (Å²) in [5.74, 6) is 0. The lowest BCUT2D eigenvalue weighted by Gasteiger charge is -2.09. The van der Waals surface area contributed by atoms with Crippen molar-refractivity contribution in [2.24, 2.45) is 5.10 Å². The zero-order valence-corrected chi connectivity index (χ0v) is 13.6. The van der Waals surface area contributed by atoms with Crippen molar-refractivity contribution in [2.75, 3.05) is 11.2 Å². The van der Waals surface area contributed by atoms with Crippen molar-refractivity contribution in [1.29, 1.82) is 0 Å². The van der Waals surface area contributed by atoms with Crippen molar-refractivity contribution in [3.05, 3.63) is 57.0 Å². The molecule has 0 saturated carbocycles. The van der Waals surface area contributed by atoms with Crippen LogP contribution in [0.2, 0.25) is 15.1 Å². The molecule has 0 aliphatic rings. The molecule has 0 amide bonds. The molecule has 0 atom stereocenters. The van der Waals surface area contributed by atoms with Crippen LogP contribution >= 0.6 is 34.8 Å². The molecular weight excluding hydrogens is 329 g/mol. The van der Waals surface area contributed by atoms with Crippen molar-refractivity contribution in [1.82, 2.24) is 0 Å². The molecule has 0 aliphatic carbocycles. The molecule has 110 valence electrons. The highest BCUT2D eigenvalue weighted by Gasteiger charge is 2.07. The Morgan fingerprint density at radius 3 is 2.52 bits per heavy atom. The second-order valence-electron chi connectivity index (χ2n) is 4.38. The maximum atomic E-state index is 6.01. The summed E-state index contributed by atoms with van der Waals surface area (Å²) in [4.78, 5) is 0. The van der Waals surface area contributed by atoms with Crippen LogP contribution in [0, 0.1) is 0 Å². The summed E-state index contributed by atoms with van der Waals surface area (Å²) in [6.07, 6.45) is 0.707. The van der Waals surface area contributed by atoms with Crippen molar-refractivity contribution < 1.29 is 0 Å². The molecule has 3 nitrogen and oxygen atoms in total. The molecule has 0 aromatic heterocycles. The van der Waals surface area contributed by atoms with Crippen LogP contribution in [0.25, 0.3) is 0 Å². The summed E-state index contributed by atoms with van der Waals surface area (Å²) < 4.78 is 0. The van der Waals surface area contributed by atoms with Gasteiger partial charge in [-0.3, -0.25) is 5.43 Å². The number of hydrogen-bond acceptors (Lipinski definition) is 3. The van der Waals surface area contributed by atoms with Crippen LogP contribution in [-0.2, 0) is 0 Å². The molecule has 2 rings (SSSR count). The summed E-state index contributed by atoms with van der Waals surface area (Å²) in [5.41, 5.74) is 11.9. The maximum absolute atomic E-state index is 6.01. The van der Waals surface area contributed by atoms with E-state index in [1.165, 1.54) is 0 Å². The van der Waals surface area contributed by atoms with E-state index in [4.69, 9.17) is 40.5 Å². The SMILES string of the molecule is CC/C(=N\Nc1ccc(Cl)c(Cl)c1)c1cc(Cl)ccc1N. The van der Waals surface area contributed by atoms with Gasteiger partial charge < -0.3 is 5.73 Å². The van der Waals surface area contributed by atoms with Crippen LogP contribution in [-0.4, -0.2) is 5.71 Å². The Morgan fingerprint density at radius 1 is 1.10 bits per heavy atom. The van der Waals surface area contributed by atoms with Crippen LogP contribution in [0.4, 0.5) is 11.4 Å². The Hall–Kier alpha value is -1.42. The number of hydrazone groups is 1. The Kier molecular flexibility index (Phi) is 5.34. The normalized spacial score (nSPS) is 11.5. The number of halogens is 3. The second kappa shape index (κ2) is 7.03. The smallest absolute Gasteiger partial charge is 0.0697 e. The Bertz CT molecular complexity index is 684. The fraction of sp³-hybridized carbons (Fsp3) is 0.133. The van der Waals surface area contributed by atoms with E-state index in [1.54, 1.807) is 36.4 Å². The standard InChI is InChI=1S/C15H14Cl3N3/c1-2-15(11-7-9(16)3-6-14(11)19)21-20-10-4-5-12(17)13(18)8-10/h3-8,20H,2,19H2,1H3/b21-15+. The van der Waals surface area contributed by atoms with Gasteiger partial charge in [-0.15, -0.1) is 0 Å². The minimum Gasteiger partial charge on any atom is -0.398 e. The fourth-order valence-electron chi connectivity index (χ4n) is 1.81. The molecule has 2 aromatic rings. The van der Waals surface area contributed by atoms with Crippen LogP contribution in [0.3, 0.4) is 0 Å². The third-order valence-corrected chi connectivity index (χ3v) is 3.87. The highest BCUT2D eigenvalue weighted by atomic mass is 35.5. The Morgan fingerprint density at radius 2 is 1.86 bits per heavy atom. The minimum absolute atomic E-state index is 0.470. The van der Waals surface area contributed by atoms with E-state index in [9.17, 15) is 0 Å². The average molecular weight is 343 g/mol. The predicted molar refractivity (Wildman–Crippen MR) is 92.8 cm³/mol. The molecule has 0 spiro atoms. The lowest BCUT2D eigenvalue weighted by atomic mass is 10.1. The highest BCUT2D eigenvalue weighted by Crippen LogP contribution is 2.25. The number of benzene rings is 2. The molecule has 0 aliphatic heterocycles. The maximum Gasteiger partial charge on any atom is 0.0697 e. The second-order valence-corrected chi connectivity index (χ2v) is 5.64. The molecule has 0 unspecified atom stereocenters. The molecular formula is C15H14Cl3N3. The van der Waals surface area contributed by atoms with Gasteiger partial charge in [0, 0.05) is 16.3 Å². The van der Waals surface area contributed by atoms with Crippen LogP contribution in [0.1, 0.15) is 18.9 Å². The van der Waals surface area contributed by atoms with Gasteiger partial charge in [-0.2, -0.15) is 5.10 Å². The highest BCUT2D eigenvalue weighted by molar-refractivity contribution is 6.42. The third-order valence-electron chi connectivity index (χ3n) is 2.90. The van der Waals surface area contributed by atoms with Gasteiger partial charge in [0.1, 0.15) is 0 Å². The van der Waals surface area contributed by atoms with Crippen molar-refractivity contribution in [3.63, 3.8) is 0 Å². The number of nitrogens with one attached hydrogen (secondary N) is 1. The van der Waals surface area contributed by atoms with E-state index in [2.05, 4.69) is 10.5 Å². The fourth-order valence-corrected chi connectivity index (χ4v) is 2.28. The molecule has 3 N–H and O–H groups in total. The van der Waals surface area contributed by atoms with Gasteiger partial charge in [-0.25, -0.2) is 0 Å². The largest absolute Gasteiger partial charge is 0.398 e. The molecule has 0 fully saturated rings. The van der Waals surface area contributed by atoms with Gasteiger partial charge in [-0.05, 0) is 42.8 Å². The first-order valence-electron chi connectivity index (χ1n) is 6.34. The first-order chi connectivity index (χ1) is 10.0. The van der Waals surface area contributed by atoms with E-state index < -0.39 is 0 Å². The number of anilines is 2. The molecule has 0 bridgehead atoms. The van der Waals surface area contributed by atoms with E-state index >= 15 is 0 Å². The first kappa shape index (κ1) is 16.0. The quantitative estimate of drug-likeness (QED) is 0.440. The minimum atomic E-state index is 0.470. The Labute approximate surface area is 138 Å². The molecule has 0 radical (unpaired) electrons. The van der Waals surface area contributed by atoms with Crippen LogP contribution in [0.5, 0.6) is 0 Å². The van der Waals surface area contributed by atoms with Crippen LogP contribution < -0.4 is 11.2 Å². The van der Waals surface area contributed by atoms with Gasteiger partial charge in [0.05, 0.1) is 21.4 Å². The van der Waals surface area contributed by atoms with Crippen molar-refractivity contribution >= 4 is 51.9 Å². The number of nitrogens with zero attached hydrogens (tertiary/aromatic N) is 1. The zero-order valence-electron chi connectivity index (χ0n) is 11.3. The molecule has 6 heteroatoms. The summed E-state index contributed by atoms with van der Waals surface area (Å²) in [6.45, 7) is 2.00. The summed E-state index contributed by atoms with van der Waals surface area (Å²) in [6, 6.07) is 10.5. The van der Waals surface area contributed by atoms with Gasteiger partial charge in [0.2, 0.25) is 0 Å². The van der Waals surface area contributed by atoms with Crippen molar-refractivity contribution in [3.8, 4) is 0 Å². The zero-order chi connectivity index (χ0) is 15.4. The molecule has 21 heavy (non-hydrogen) atoms. The summed E-state index contributed by atoms with van der Waals surface area (Å²) >= 11 is 17.9. The summed E-state index contributed by atoms with van der Waals surface area (Å²) in [5, 5.41) is 5.97. The lowest BCUT2D eigenvalue weighted by Crippen LogP contribution is -2.06. The van der Waals surface area contributed by atoms with Gasteiger partial charge in [0.25, 0.3) is 0 Å². The number of hydrogen-bond donors (Lipinski definition) is 2. The van der Waals surface area contributed by atoms with Gasteiger partial charge >= 0.3 is 0 Å². The van der Waals surface area contributed by atoms with Gasteiger partial charge in [-0.1, -0.05) is 41.7 Å². The number of nitrogens with two attached hydrogens (primary N) is 1. The molecule has 2 aromatic carbocycles. The Balaban J connectivity index is 2.28. The lowest BCUT2D eigenvalue weighted by molar-refractivity contribution is 1.22. The topological polar surface area (TPSA) is 50.4 Å². The molecule has 0 heterocycles. The summed E-state index contributed by atoms with van der Waals surface area (Å²) in [7, 11) is 0. The average Bonchev–Trinajstić information content (AvgIpc) is 2.46. The van der Waals surface area contributed by atoms with E-state index in [0.29, 0.717) is 27.2 Å². The van der Waals surface area contributed by atoms with E-state index in [0.717, 1.165) is 17.0 Å². The van der Waals surface area contributed by atoms with E-state index in [1.807, 2.05) is 6.92 Å². The van der Waals surface area contributed by atoms with Crippen molar-refractivity contribution in [2.45, 2.75) is 13.3 Å². The predicted octanol–water partition coefficient (Wildman–Crippen LogP) is 5.46. The third kappa shape index (κ3) is 4.03. The number of rotatable bonds is 4. The number of nitrogen functional groups attached to an aromatic ring is 1.